The average Bonchev–Trinajstić information content (AvgIpc) is 2.03. The smallest absolute Gasteiger partial charge is 1.00 e. The van der Waals surface area contributed by atoms with Gasteiger partial charge in [0, 0.05) is 16.5 Å². The molecule has 0 radical (unpaired) electrons. The summed E-state index contributed by atoms with van der Waals surface area (Å²) in [6.45, 7) is 19.0. The van der Waals surface area contributed by atoms with E-state index < -0.39 is 0 Å². The Hall–Kier alpha value is 5.00. The van der Waals surface area contributed by atoms with Crippen LogP contribution in [0.5, 0.6) is 0 Å². The first-order chi connectivity index (χ1) is 4.00. The normalized spacial score (nSPS) is 0.615. The van der Waals surface area contributed by atoms with Crippen molar-refractivity contribution in [1.29, 1.82) is 21.0 Å². The molecule has 0 aliphatic heterocycles. The standard InChI is InChI=1S/4CN.4K.Ni.4H/c4*1-2;;;;;;;;;/q4*-1;4*+1;;4*-1. The molecular formula is C4H4K4N4Ni-4. The maximum atomic E-state index is 6.25. The second-order valence-electron chi connectivity index (χ2n) is 0. The van der Waals surface area contributed by atoms with Crippen molar-refractivity contribution in [3.05, 3.63) is 26.3 Å². The fraction of sp³-hybridized carbons (Fsp3) is 0. The molecule has 0 aliphatic rings. The van der Waals surface area contributed by atoms with Crippen LogP contribution < -0.4 is 206 Å². The van der Waals surface area contributed by atoms with Crippen molar-refractivity contribution in [1.82, 2.24) is 0 Å². The molecule has 13 heavy (non-hydrogen) atoms. The summed E-state index contributed by atoms with van der Waals surface area (Å²) < 4.78 is 0. The van der Waals surface area contributed by atoms with Crippen molar-refractivity contribution in [3.8, 4) is 0 Å². The topological polar surface area (TPSA) is 95.2 Å². The summed E-state index contributed by atoms with van der Waals surface area (Å²) in [7, 11) is 0. The van der Waals surface area contributed by atoms with Crippen LogP contribution in [0.1, 0.15) is 5.71 Å². The van der Waals surface area contributed by atoms with E-state index in [0.29, 0.717) is 0 Å². The Labute approximate surface area is 266 Å². The van der Waals surface area contributed by atoms with Crippen LogP contribution in [-0.2, 0) is 16.5 Å². The molecule has 0 aromatic carbocycles. The summed E-state index contributed by atoms with van der Waals surface area (Å²) in [5, 5.41) is 25.0. The molecule has 0 aliphatic carbocycles. The summed E-state index contributed by atoms with van der Waals surface area (Å²) in [5.74, 6) is 0. The first kappa shape index (κ1) is 64.2. The molecule has 0 aromatic heterocycles. The number of hydrogen-bond donors (Lipinski definition) is 0. The Morgan fingerprint density at radius 2 is 0.462 bits per heavy atom. The van der Waals surface area contributed by atoms with Gasteiger partial charge in [-0.15, -0.1) is 0 Å². The summed E-state index contributed by atoms with van der Waals surface area (Å²) in [4.78, 5) is 0. The average molecular weight is 323 g/mol. The van der Waals surface area contributed by atoms with Crippen molar-refractivity contribution in [2.24, 2.45) is 0 Å². The Balaban J connectivity index is -0.000000000970. The zero-order valence-corrected chi connectivity index (χ0v) is 21.6. The Kier molecular flexibility index (Phi) is 860. The summed E-state index contributed by atoms with van der Waals surface area (Å²) in [6.07, 6.45) is 0. The van der Waals surface area contributed by atoms with E-state index in [0.717, 1.165) is 0 Å². The predicted molar refractivity (Wildman–Crippen MR) is 24.3 cm³/mol. The largest absolute Gasteiger partial charge is 1.00 e. The van der Waals surface area contributed by atoms with E-state index in [2.05, 4.69) is 0 Å². The van der Waals surface area contributed by atoms with Crippen LogP contribution in [0.4, 0.5) is 0 Å². The van der Waals surface area contributed by atoms with Crippen molar-refractivity contribution in [2.45, 2.75) is 0 Å². The van der Waals surface area contributed by atoms with Gasteiger partial charge in [0.15, 0.2) is 0 Å². The van der Waals surface area contributed by atoms with Crippen LogP contribution in [0, 0.1) is 47.3 Å². The van der Waals surface area contributed by atoms with E-state index >= 15 is 0 Å². The van der Waals surface area contributed by atoms with E-state index in [1.54, 1.807) is 0 Å². The van der Waals surface area contributed by atoms with Gasteiger partial charge >= 0.3 is 206 Å². The molecule has 0 N–H and O–H groups in total. The van der Waals surface area contributed by atoms with Crippen molar-refractivity contribution < 1.29 is 228 Å². The van der Waals surface area contributed by atoms with Crippen molar-refractivity contribution >= 4 is 0 Å². The molecule has 0 amide bonds. The van der Waals surface area contributed by atoms with E-state index in [1.807, 2.05) is 0 Å². The van der Waals surface area contributed by atoms with E-state index in [-0.39, 0.29) is 228 Å². The SMILES string of the molecule is [C-]#N.[C-]#N.[C-]#N.[C-]#N.[H-].[H-].[H-].[H-].[K+].[K+].[K+].[K+].[Ni]. The van der Waals surface area contributed by atoms with Gasteiger partial charge in [-0.3, -0.25) is 0 Å². The first-order valence-electron chi connectivity index (χ1n) is 0.894. The Morgan fingerprint density at radius 3 is 0.462 bits per heavy atom. The van der Waals surface area contributed by atoms with Crippen LogP contribution in [0.25, 0.3) is 0 Å². The zero-order valence-electron chi connectivity index (χ0n) is 12.1. The van der Waals surface area contributed by atoms with Gasteiger partial charge in [-0.2, -0.15) is 0 Å². The van der Waals surface area contributed by atoms with Gasteiger partial charge in [-0.25, -0.2) is 0 Å². The third-order valence-corrected chi connectivity index (χ3v) is 0. The second-order valence-corrected chi connectivity index (χ2v) is 0. The molecule has 0 atom stereocenters. The Morgan fingerprint density at radius 1 is 0.462 bits per heavy atom. The van der Waals surface area contributed by atoms with Crippen LogP contribution in [0.2, 0.25) is 0 Å². The molecule has 9 heteroatoms. The van der Waals surface area contributed by atoms with Gasteiger partial charge in [0.1, 0.15) is 0 Å². The van der Waals surface area contributed by atoms with Gasteiger partial charge in [0.05, 0.1) is 0 Å². The molecular weight excluding hydrogens is 319 g/mol. The summed E-state index contributed by atoms with van der Waals surface area (Å²) >= 11 is 0. The molecule has 0 heterocycles. The molecule has 0 saturated heterocycles. The molecule has 0 aromatic rings. The van der Waals surface area contributed by atoms with Crippen molar-refractivity contribution in [3.63, 3.8) is 0 Å². The minimum absolute atomic E-state index is 0. The van der Waals surface area contributed by atoms with Crippen LogP contribution in [-0.4, -0.2) is 0 Å². The fourth-order valence-corrected chi connectivity index (χ4v) is 0. The molecule has 0 rings (SSSR count). The van der Waals surface area contributed by atoms with E-state index in [9.17, 15) is 0 Å². The van der Waals surface area contributed by atoms with Gasteiger partial charge in [-0.1, -0.05) is 0 Å². The molecule has 0 saturated carbocycles. The molecule has 0 bridgehead atoms. The second kappa shape index (κ2) is 174. The van der Waals surface area contributed by atoms with Crippen molar-refractivity contribution in [2.75, 3.05) is 0 Å². The summed E-state index contributed by atoms with van der Waals surface area (Å²) in [6, 6.07) is 0. The molecule has 0 fully saturated rings. The maximum absolute atomic E-state index is 6.25. The minimum Gasteiger partial charge on any atom is -1.00 e. The predicted octanol–water partition coefficient (Wildman–Crippen LogP) is -11.2. The first-order valence-corrected chi connectivity index (χ1v) is 0.894. The third kappa shape index (κ3) is 153. The summed E-state index contributed by atoms with van der Waals surface area (Å²) in [5.41, 5.74) is 0. The number of hydrogen-bond acceptors (Lipinski definition) is 4. The van der Waals surface area contributed by atoms with E-state index in [4.69, 9.17) is 47.3 Å². The quantitative estimate of drug-likeness (QED) is 0.327. The monoisotopic (exact) mass is 322 g/mol. The maximum Gasteiger partial charge on any atom is 1.00 e. The van der Waals surface area contributed by atoms with Crippen LogP contribution in [0.3, 0.4) is 0 Å². The number of nitrogens with zero attached hydrogens (tertiary/aromatic N) is 4. The Bertz CT molecular complexity index is 80.5. The van der Waals surface area contributed by atoms with Gasteiger partial charge < -0.3 is 53.0 Å². The number of rotatable bonds is 0. The van der Waals surface area contributed by atoms with Crippen LogP contribution in [0.15, 0.2) is 0 Å². The zero-order chi connectivity index (χ0) is 8.00. The van der Waals surface area contributed by atoms with E-state index in [1.165, 1.54) is 0 Å². The van der Waals surface area contributed by atoms with Crippen LogP contribution >= 0.6 is 0 Å². The third-order valence-electron chi connectivity index (χ3n) is 0. The minimum atomic E-state index is 0. The molecule has 0 unspecified atom stereocenters. The van der Waals surface area contributed by atoms with Gasteiger partial charge in [0.2, 0.25) is 0 Å². The van der Waals surface area contributed by atoms with Gasteiger partial charge in [-0.05, 0) is 0 Å². The molecule has 0 spiro atoms. The fourth-order valence-electron chi connectivity index (χ4n) is 0. The van der Waals surface area contributed by atoms with Gasteiger partial charge in [0.25, 0.3) is 0 Å². The molecule has 4 nitrogen and oxygen atoms in total. The molecule has 58 valence electrons.